The van der Waals surface area contributed by atoms with Crippen LogP contribution in [0.1, 0.15) is 27.5 Å². The van der Waals surface area contributed by atoms with E-state index in [0.29, 0.717) is 10.6 Å². The Balaban J connectivity index is 1.65. The molecule has 2 saturated heterocycles. The van der Waals surface area contributed by atoms with Gasteiger partial charge in [-0.3, -0.25) is 24.2 Å². The van der Waals surface area contributed by atoms with Crippen molar-refractivity contribution >= 4 is 35.3 Å². The van der Waals surface area contributed by atoms with Crippen molar-refractivity contribution in [1.29, 1.82) is 0 Å². The van der Waals surface area contributed by atoms with E-state index < -0.39 is 17.9 Å². The molecule has 0 aromatic heterocycles. The highest BCUT2D eigenvalue weighted by Crippen LogP contribution is 2.43. The fourth-order valence-corrected chi connectivity index (χ4v) is 5.12. The van der Waals surface area contributed by atoms with Gasteiger partial charge in [0.1, 0.15) is 17.9 Å². The van der Waals surface area contributed by atoms with Crippen molar-refractivity contribution < 1.29 is 19.3 Å². The number of nitrogens with one attached hydrogen (secondary N) is 1. The highest BCUT2D eigenvalue weighted by atomic mass is 35.5. The average Bonchev–Trinajstić information content (AvgIpc) is 3.17. The third kappa shape index (κ3) is 2.26. The number of carbonyl (C=O) groups is 3. The Kier molecular flexibility index (Phi) is 3.79. The molecule has 3 aliphatic rings. The number of rotatable bonds is 2. The van der Waals surface area contributed by atoms with Crippen molar-refractivity contribution in [3.8, 4) is 0 Å². The van der Waals surface area contributed by atoms with E-state index in [1.807, 2.05) is 36.5 Å². The van der Waals surface area contributed by atoms with Crippen LogP contribution in [-0.2, 0) is 9.59 Å². The van der Waals surface area contributed by atoms with Crippen molar-refractivity contribution in [3.05, 3.63) is 76.4 Å². The van der Waals surface area contributed by atoms with Gasteiger partial charge in [-0.05, 0) is 35.9 Å². The average molecular weight is 394 g/mol. The third-order valence-electron chi connectivity index (χ3n) is 6.25. The Morgan fingerprint density at radius 2 is 1.68 bits per heavy atom. The summed E-state index contributed by atoms with van der Waals surface area (Å²) in [5, 5.41) is 0.546. The van der Waals surface area contributed by atoms with Gasteiger partial charge in [-0.25, -0.2) is 0 Å². The summed E-state index contributed by atoms with van der Waals surface area (Å²) in [5.41, 5.74) is 2.55. The van der Waals surface area contributed by atoms with E-state index in [1.54, 1.807) is 24.3 Å². The lowest BCUT2D eigenvalue weighted by molar-refractivity contribution is -0.884. The third-order valence-corrected chi connectivity index (χ3v) is 6.50. The lowest BCUT2D eigenvalue weighted by atomic mass is 9.83. The van der Waals surface area contributed by atoms with E-state index in [9.17, 15) is 14.4 Å². The minimum Gasteiger partial charge on any atom is -0.292 e. The van der Waals surface area contributed by atoms with Gasteiger partial charge in [0.2, 0.25) is 17.6 Å². The molecule has 6 heteroatoms. The van der Waals surface area contributed by atoms with Gasteiger partial charge in [0.25, 0.3) is 0 Å². The van der Waals surface area contributed by atoms with Gasteiger partial charge >= 0.3 is 0 Å². The second-order valence-corrected chi connectivity index (χ2v) is 8.01. The van der Waals surface area contributed by atoms with Crippen LogP contribution in [0.15, 0.2) is 54.7 Å². The van der Waals surface area contributed by atoms with Crippen molar-refractivity contribution in [2.75, 3.05) is 7.05 Å². The first kappa shape index (κ1) is 17.3. The predicted octanol–water partition coefficient (Wildman–Crippen LogP) is 1.75. The molecule has 2 amide bonds. The van der Waals surface area contributed by atoms with E-state index in [-0.39, 0.29) is 23.6 Å². The Morgan fingerprint density at radius 1 is 1.00 bits per heavy atom. The normalized spacial score (nSPS) is 30.2. The summed E-state index contributed by atoms with van der Waals surface area (Å²) in [6.07, 6.45) is 3.91. The van der Waals surface area contributed by atoms with Gasteiger partial charge < -0.3 is 0 Å². The molecule has 2 fully saturated rings. The molecule has 5 atom stereocenters. The molecular weight excluding hydrogens is 376 g/mol. The van der Waals surface area contributed by atoms with Crippen LogP contribution in [0.5, 0.6) is 0 Å². The van der Waals surface area contributed by atoms with Crippen molar-refractivity contribution in [2.24, 2.45) is 11.8 Å². The van der Waals surface area contributed by atoms with Crippen LogP contribution in [-0.4, -0.2) is 35.6 Å². The SMILES string of the molecule is CN1C(=O)[C@@H]2[C@H](C1=O)[C@H](C(=O)c1ccc(Cl)cc1)[NH+]1C=Cc3ccccc3[C@@H]21. The summed E-state index contributed by atoms with van der Waals surface area (Å²) >= 11 is 5.96. The maximum absolute atomic E-state index is 13.4. The smallest absolute Gasteiger partial charge is 0.239 e. The molecule has 2 aromatic rings. The molecule has 1 N–H and O–H groups in total. The van der Waals surface area contributed by atoms with Crippen LogP contribution >= 0.6 is 11.6 Å². The quantitative estimate of drug-likeness (QED) is 0.624. The second-order valence-electron chi connectivity index (χ2n) is 7.58. The number of halogens is 1. The first-order chi connectivity index (χ1) is 13.5. The summed E-state index contributed by atoms with van der Waals surface area (Å²) < 4.78 is 0. The molecule has 0 radical (unpaired) electrons. The molecule has 0 saturated carbocycles. The zero-order valence-corrected chi connectivity index (χ0v) is 15.9. The molecule has 0 bridgehead atoms. The van der Waals surface area contributed by atoms with E-state index in [4.69, 9.17) is 11.6 Å². The number of imide groups is 1. The zero-order chi connectivity index (χ0) is 19.6. The number of ketones is 1. The summed E-state index contributed by atoms with van der Waals surface area (Å²) in [5.74, 6) is -1.79. The maximum atomic E-state index is 13.4. The Morgan fingerprint density at radius 3 is 2.43 bits per heavy atom. The van der Waals surface area contributed by atoms with Crippen LogP contribution in [0.25, 0.3) is 6.08 Å². The number of quaternary nitrogens is 1. The topological polar surface area (TPSA) is 58.9 Å². The van der Waals surface area contributed by atoms with Crippen LogP contribution in [0.2, 0.25) is 5.02 Å². The molecule has 1 unspecified atom stereocenters. The first-order valence-electron chi connectivity index (χ1n) is 9.24. The van der Waals surface area contributed by atoms with E-state index in [2.05, 4.69) is 0 Å². The monoisotopic (exact) mass is 393 g/mol. The maximum Gasteiger partial charge on any atom is 0.239 e. The Labute approximate surface area is 167 Å². The number of likely N-dealkylation sites (tertiary alicyclic amines) is 1. The zero-order valence-electron chi connectivity index (χ0n) is 15.1. The summed E-state index contributed by atoms with van der Waals surface area (Å²) in [4.78, 5) is 41.4. The number of benzene rings is 2. The van der Waals surface area contributed by atoms with Gasteiger partial charge in [-0.2, -0.15) is 0 Å². The van der Waals surface area contributed by atoms with E-state index >= 15 is 0 Å². The lowest BCUT2D eigenvalue weighted by Crippen LogP contribution is -3.12. The Hall–Kier alpha value is -2.76. The molecule has 0 aliphatic carbocycles. The van der Waals surface area contributed by atoms with Crippen molar-refractivity contribution in [3.63, 3.8) is 0 Å². The lowest BCUT2D eigenvalue weighted by Gasteiger charge is -2.30. The molecule has 28 heavy (non-hydrogen) atoms. The largest absolute Gasteiger partial charge is 0.292 e. The van der Waals surface area contributed by atoms with Crippen LogP contribution in [0.4, 0.5) is 0 Å². The number of carbonyl (C=O) groups excluding carboxylic acids is 3. The highest BCUT2D eigenvalue weighted by molar-refractivity contribution is 6.30. The summed E-state index contributed by atoms with van der Waals surface area (Å²) in [7, 11) is 1.51. The predicted molar refractivity (Wildman–Crippen MR) is 104 cm³/mol. The highest BCUT2D eigenvalue weighted by Gasteiger charge is 2.67. The number of amides is 2. The number of hydrogen-bond donors (Lipinski definition) is 1. The molecule has 140 valence electrons. The molecule has 0 spiro atoms. The molecular formula is C22H18ClN2O3+. The molecule has 2 aromatic carbocycles. The fraction of sp³-hybridized carbons (Fsp3) is 0.227. The number of Topliss-reactive ketones (excluding diaryl/α,β-unsaturated/α-hetero) is 1. The van der Waals surface area contributed by atoms with E-state index in [1.165, 1.54) is 11.9 Å². The van der Waals surface area contributed by atoms with Gasteiger partial charge in [-0.1, -0.05) is 35.9 Å². The van der Waals surface area contributed by atoms with Crippen LogP contribution in [0.3, 0.4) is 0 Å². The second kappa shape index (κ2) is 6.12. The first-order valence-corrected chi connectivity index (χ1v) is 9.62. The standard InChI is InChI=1S/C22H17ClN2O3/c1-24-21(27)16-17(22(24)28)19(20(26)13-6-8-14(23)9-7-13)25-11-10-12-4-2-3-5-15(12)18(16)25/h2-11,16-19H,1H3/p+1/t16-,17+,18+,19-/m1/s1. The molecule has 3 heterocycles. The number of hydrogen-bond acceptors (Lipinski definition) is 3. The van der Waals surface area contributed by atoms with Gasteiger partial charge in [-0.15, -0.1) is 0 Å². The number of fused-ring (bicyclic) bond motifs is 5. The fourth-order valence-electron chi connectivity index (χ4n) is 4.99. The Bertz CT molecular complexity index is 1050. The summed E-state index contributed by atoms with van der Waals surface area (Å²) in [6, 6.07) is 13.7. The molecule has 3 aliphatic heterocycles. The minimum absolute atomic E-state index is 0.135. The molecule has 5 nitrogen and oxygen atoms in total. The van der Waals surface area contributed by atoms with Crippen molar-refractivity contribution in [2.45, 2.75) is 12.1 Å². The summed E-state index contributed by atoms with van der Waals surface area (Å²) in [6.45, 7) is 0. The van der Waals surface area contributed by atoms with Crippen LogP contribution < -0.4 is 4.90 Å². The van der Waals surface area contributed by atoms with Gasteiger partial charge in [0, 0.05) is 23.2 Å². The number of nitrogens with zero attached hydrogens (tertiary/aromatic N) is 1. The minimum atomic E-state index is -0.656. The van der Waals surface area contributed by atoms with E-state index in [0.717, 1.165) is 16.0 Å². The van der Waals surface area contributed by atoms with Gasteiger partial charge in [0.15, 0.2) is 6.04 Å². The van der Waals surface area contributed by atoms with Crippen LogP contribution in [0, 0.1) is 11.8 Å². The van der Waals surface area contributed by atoms with Gasteiger partial charge in [0.05, 0.1) is 6.20 Å². The van der Waals surface area contributed by atoms with Crippen molar-refractivity contribution in [1.82, 2.24) is 4.90 Å². The molecule has 5 rings (SSSR count).